The predicted molar refractivity (Wildman–Crippen MR) is 156 cm³/mol. The summed E-state index contributed by atoms with van der Waals surface area (Å²) in [6.45, 7) is 4.58. The number of nitrogens with one attached hydrogen (secondary N) is 1. The van der Waals surface area contributed by atoms with Crippen molar-refractivity contribution in [1.82, 2.24) is 0 Å². The lowest BCUT2D eigenvalue weighted by Crippen LogP contribution is -2.33. The monoisotopic (exact) mass is 544 g/mol. The third kappa shape index (κ3) is 7.06. The molecule has 7 nitrogen and oxygen atoms in total. The van der Waals surface area contributed by atoms with E-state index in [4.69, 9.17) is 4.74 Å². The van der Waals surface area contributed by atoms with Crippen molar-refractivity contribution in [2.45, 2.75) is 78.1 Å². The van der Waals surface area contributed by atoms with Gasteiger partial charge in [0.2, 0.25) is 11.8 Å². The summed E-state index contributed by atoms with van der Waals surface area (Å²) in [4.78, 5) is 53.2. The largest absolute Gasteiger partial charge is 0.462 e. The van der Waals surface area contributed by atoms with E-state index in [1.807, 2.05) is 13.0 Å². The minimum absolute atomic E-state index is 0.237. The molecule has 1 aliphatic carbocycles. The van der Waals surface area contributed by atoms with E-state index in [2.05, 4.69) is 12.2 Å². The van der Waals surface area contributed by atoms with Gasteiger partial charge in [-0.15, -0.1) is 0 Å². The summed E-state index contributed by atoms with van der Waals surface area (Å²) in [6, 6.07) is 13.2. The molecule has 2 aromatic carbocycles. The van der Waals surface area contributed by atoms with Gasteiger partial charge in [-0.05, 0) is 62.6 Å². The lowest BCUT2D eigenvalue weighted by Gasteiger charge is -2.19. The molecule has 0 bridgehead atoms. The van der Waals surface area contributed by atoms with Gasteiger partial charge < -0.3 is 10.1 Å². The number of imide groups is 1. The van der Waals surface area contributed by atoms with E-state index in [0.717, 1.165) is 24.8 Å². The summed E-state index contributed by atoms with van der Waals surface area (Å²) in [5, 5.41) is 2.82. The van der Waals surface area contributed by atoms with Crippen LogP contribution in [0.2, 0.25) is 0 Å². The number of rotatable bonds is 13. The van der Waals surface area contributed by atoms with E-state index in [9.17, 15) is 19.2 Å². The number of anilines is 2. The molecule has 0 unspecified atom stereocenters. The smallest absolute Gasteiger partial charge is 0.338 e. The third-order valence-corrected chi connectivity index (χ3v) is 7.82. The number of hydrogen-bond acceptors (Lipinski definition) is 5. The van der Waals surface area contributed by atoms with Crippen molar-refractivity contribution in [3.63, 3.8) is 0 Å². The molecule has 1 heterocycles. The summed E-state index contributed by atoms with van der Waals surface area (Å²) < 4.78 is 5.40. The zero-order valence-corrected chi connectivity index (χ0v) is 23.6. The number of ether oxygens (including phenoxy) is 1. The highest BCUT2D eigenvalue weighted by molar-refractivity contribution is 6.25. The zero-order chi connectivity index (χ0) is 28.5. The molecule has 40 heavy (non-hydrogen) atoms. The molecule has 212 valence electrons. The van der Waals surface area contributed by atoms with E-state index in [1.165, 1.54) is 37.0 Å². The van der Waals surface area contributed by atoms with Crippen LogP contribution in [0.1, 0.15) is 98.8 Å². The highest BCUT2D eigenvalue weighted by Crippen LogP contribution is 2.40. The predicted octanol–water partition coefficient (Wildman–Crippen LogP) is 7.08. The Balaban J connectivity index is 1.30. The number of carbonyl (C=O) groups excluding carboxylic acids is 4. The lowest BCUT2D eigenvalue weighted by atomic mass is 9.82. The van der Waals surface area contributed by atoms with E-state index < -0.39 is 5.91 Å². The number of fused-ring (bicyclic) bond motifs is 1. The number of hydrogen-bond donors (Lipinski definition) is 1. The van der Waals surface area contributed by atoms with Crippen molar-refractivity contribution < 1.29 is 23.9 Å². The summed E-state index contributed by atoms with van der Waals surface area (Å²) in [7, 11) is 0. The molecular weight excluding hydrogens is 504 g/mol. The van der Waals surface area contributed by atoms with Crippen LogP contribution in [-0.4, -0.2) is 30.3 Å². The maximum atomic E-state index is 13.2. The van der Waals surface area contributed by atoms with Crippen LogP contribution in [-0.2, 0) is 14.3 Å². The SMILES string of the molecule is CCCCCCCCCCOC(=O)c1ccc(NC(=O)c2ccccc2N2C(=O)[C@H]3CC(C)=CC[C@H]3C2=O)cc1. The number of para-hydroxylation sites is 1. The van der Waals surface area contributed by atoms with Gasteiger partial charge in [0, 0.05) is 5.69 Å². The van der Waals surface area contributed by atoms with Crippen LogP contribution in [0.15, 0.2) is 60.2 Å². The number of nitrogens with zero attached hydrogens (tertiary/aromatic N) is 1. The average Bonchev–Trinajstić information content (AvgIpc) is 3.20. The Morgan fingerprint density at radius 3 is 2.25 bits per heavy atom. The van der Waals surface area contributed by atoms with Gasteiger partial charge in [0.1, 0.15) is 0 Å². The number of esters is 1. The van der Waals surface area contributed by atoms with Gasteiger partial charge in [-0.3, -0.25) is 14.4 Å². The van der Waals surface area contributed by atoms with E-state index in [-0.39, 0.29) is 35.2 Å². The van der Waals surface area contributed by atoms with Crippen molar-refractivity contribution in [2.75, 3.05) is 16.8 Å². The fraction of sp³-hybridized carbons (Fsp3) is 0.455. The van der Waals surface area contributed by atoms with Gasteiger partial charge >= 0.3 is 5.97 Å². The summed E-state index contributed by atoms with van der Waals surface area (Å²) in [5.74, 6) is -2.09. The Kier molecular flexibility index (Phi) is 10.3. The van der Waals surface area contributed by atoms with Gasteiger partial charge in [0.25, 0.3) is 5.91 Å². The fourth-order valence-electron chi connectivity index (χ4n) is 5.51. The number of allylic oxidation sites excluding steroid dienone is 2. The Hall–Kier alpha value is -3.74. The molecular formula is C33H40N2O5. The highest BCUT2D eigenvalue weighted by atomic mass is 16.5. The van der Waals surface area contributed by atoms with E-state index in [0.29, 0.717) is 36.4 Å². The molecule has 1 N–H and O–H groups in total. The molecule has 1 fully saturated rings. The first-order valence-corrected chi connectivity index (χ1v) is 14.6. The van der Waals surface area contributed by atoms with Crippen LogP contribution in [0.5, 0.6) is 0 Å². The quantitative estimate of drug-likeness (QED) is 0.126. The minimum atomic E-state index is -0.439. The maximum Gasteiger partial charge on any atom is 0.338 e. The highest BCUT2D eigenvalue weighted by Gasteiger charge is 2.49. The van der Waals surface area contributed by atoms with Gasteiger partial charge in [0.15, 0.2) is 0 Å². The van der Waals surface area contributed by atoms with Crippen LogP contribution in [0.3, 0.4) is 0 Å². The molecule has 2 aliphatic rings. The normalized spacial score (nSPS) is 18.4. The Bertz CT molecular complexity index is 1250. The molecule has 0 radical (unpaired) electrons. The van der Waals surface area contributed by atoms with Crippen LogP contribution in [0.4, 0.5) is 11.4 Å². The Labute approximate surface area is 237 Å². The van der Waals surface area contributed by atoms with E-state index >= 15 is 0 Å². The molecule has 3 amide bonds. The van der Waals surface area contributed by atoms with Gasteiger partial charge in [-0.1, -0.05) is 75.7 Å². The van der Waals surface area contributed by atoms with Crippen molar-refractivity contribution in [2.24, 2.45) is 11.8 Å². The molecule has 7 heteroatoms. The molecule has 0 spiro atoms. The number of benzene rings is 2. The second kappa shape index (κ2) is 14.1. The van der Waals surface area contributed by atoms with Gasteiger partial charge in [0.05, 0.1) is 35.3 Å². The second-order valence-electron chi connectivity index (χ2n) is 10.9. The number of carbonyl (C=O) groups is 4. The van der Waals surface area contributed by atoms with Crippen molar-refractivity contribution in [3.05, 3.63) is 71.3 Å². The first-order chi connectivity index (χ1) is 19.4. The van der Waals surface area contributed by atoms with Crippen molar-refractivity contribution >= 4 is 35.1 Å². The molecule has 2 atom stereocenters. The average molecular weight is 545 g/mol. The topological polar surface area (TPSA) is 92.8 Å². The van der Waals surface area contributed by atoms with Crippen LogP contribution in [0.25, 0.3) is 0 Å². The first-order valence-electron chi connectivity index (χ1n) is 14.6. The lowest BCUT2D eigenvalue weighted by molar-refractivity contribution is -0.122. The Morgan fingerprint density at radius 1 is 0.875 bits per heavy atom. The Morgan fingerprint density at radius 2 is 1.52 bits per heavy atom. The summed E-state index contributed by atoms with van der Waals surface area (Å²) in [5.41, 5.74) is 2.55. The molecule has 1 saturated heterocycles. The molecule has 1 aliphatic heterocycles. The maximum absolute atomic E-state index is 13.2. The standard InChI is InChI=1S/C33H40N2O5/c1-3-4-5-6-7-8-9-12-21-40-33(39)24-16-18-25(19-17-24)34-30(36)27-13-10-11-14-29(27)35-31(37)26-20-15-23(2)22-28(26)32(35)38/h10-11,13-19,26,28H,3-9,12,20-22H2,1-2H3,(H,34,36)/t26-,28+/m1/s1. The number of amides is 3. The summed E-state index contributed by atoms with van der Waals surface area (Å²) in [6.07, 6.45) is 12.5. The summed E-state index contributed by atoms with van der Waals surface area (Å²) >= 11 is 0. The zero-order valence-electron chi connectivity index (χ0n) is 23.6. The van der Waals surface area contributed by atoms with Crippen LogP contribution >= 0.6 is 0 Å². The van der Waals surface area contributed by atoms with Gasteiger partial charge in [-0.2, -0.15) is 0 Å². The van der Waals surface area contributed by atoms with E-state index in [1.54, 1.807) is 48.5 Å². The van der Waals surface area contributed by atoms with Crippen molar-refractivity contribution in [3.8, 4) is 0 Å². The molecule has 0 aromatic heterocycles. The number of unbranched alkanes of at least 4 members (excludes halogenated alkanes) is 7. The second-order valence-corrected chi connectivity index (χ2v) is 10.9. The van der Waals surface area contributed by atoms with Crippen LogP contribution < -0.4 is 10.2 Å². The minimum Gasteiger partial charge on any atom is -0.462 e. The molecule has 4 rings (SSSR count). The first kappa shape index (κ1) is 29.2. The van der Waals surface area contributed by atoms with Gasteiger partial charge in [-0.25, -0.2) is 9.69 Å². The fourth-order valence-corrected chi connectivity index (χ4v) is 5.51. The van der Waals surface area contributed by atoms with Crippen molar-refractivity contribution in [1.29, 1.82) is 0 Å². The molecule has 0 saturated carbocycles. The molecule has 2 aromatic rings. The van der Waals surface area contributed by atoms with Crippen LogP contribution in [0, 0.1) is 11.8 Å². The third-order valence-electron chi connectivity index (χ3n) is 7.82.